The average molecular weight is 313 g/mol. The Morgan fingerprint density at radius 3 is 2.61 bits per heavy atom. The van der Waals surface area contributed by atoms with Crippen LogP contribution in [0.1, 0.15) is 13.8 Å². The summed E-state index contributed by atoms with van der Waals surface area (Å²) < 4.78 is 18.2. The zero-order chi connectivity index (χ0) is 16.2. The van der Waals surface area contributed by atoms with E-state index in [0.29, 0.717) is 11.7 Å². The Hall–Kier alpha value is -2.96. The molecule has 2 N–H and O–H groups in total. The normalized spacial score (nSPS) is 10.8. The van der Waals surface area contributed by atoms with Crippen molar-refractivity contribution in [1.82, 2.24) is 15.2 Å². The fourth-order valence-corrected chi connectivity index (χ4v) is 2.10. The summed E-state index contributed by atoms with van der Waals surface area (Å²) >= 11 is 0. The summed E-state index contributed by atoms with van der Waals surface area (Å²) in [7, 11) is 0. The molecule has 0 aliphatic heterocycles. The van der Waals surface area contributed by atoms with Gasteiger partial charge in [-0.2, -0.15) is 0 Å². The van der Waals surface area contributed by atoms with Crippen LogP contribution >= 0.6 is 0 Å². The summed E-state index contributed by atoms with van der Waals surface area (Å²) in [6, 6.07) is 8.16. The molecule has 7 heteroatoms. The van der Waals surface area contributed by atoms with Crippen LogP contribution in [0.15, 0.2) is 47.3 Å². The third-order valence-corrected chi connectivity index (χ3v) is 3.06. The maximum absolute atomic E-state index is 13.0. The van der Waals surface area contributed by atoms with Crippen molar-refractivity contribution in [3.05, 3.63) is 48.7 Å². The average Bonchev–Trinajstić information content (AvgIpc) is 3.03. The Balaban J connectivity index is 1.91. The summed E-state index contributed by atoms with van der Waals surface area (Å²) in [5, 5.41) is 14.1. The number of pyridine rings is 1. The Labute approximate surface area is 132 Å². The van der Waals surface area contributed by atoms with E-state index in [1.165, 1.54) is 18.5 Å². The summed E-state index contributed by atoms with van der Waals surface area (Å²) in [6.07, 6.45) is 2.93. The second-order valence-electron chi connectivity index (χ2n) is 5.29. The molecule has 0 fully saturated rings. The van der Waals surface area contributed by atoms with Crippen molar-refractivity contribution in [1.29, 1.82) is 0 Å². The number of nitrogens with one attached hydrogen (secondary N) is 2. The standard InChI is InChI=1S/C16H16FN5O/c1-10(2)20-14-7-15(21-12-5-3-11(17)4-6-12)18-8-13(14)16-22-19-9-23-16/h3-10H,1-2H3,(H2,18,20,21). The first-order valence-electron chi connectivity index (χ1n) is 7.17. The van der Waals surface area contributed by atoms with Gasteiger partial charge >= 0.3 is 0 Å². The number of benzene rings is 1. The molecule has 0 aliphatic rings. The van der Waals surface area contributed by atoms with E-state index in [9.17, 15) is 4.39 Å². The molecule has 3 aromatic rings. The van der Waals surface area contributed by atoms with Gasteiger partial charge in [-0.15, -0.1) is 10.2 Å². The first-order chi connectivity index (χ1) is 11.1. The second-order valence-corrected chi connectivity index (χ2v) is 5.29. The van der Waals surface area contributed by atoms with Crippen LogP contribution in [-0.2, 0) is 0 Å². The molecule has 0 amide bonds. The zero-order valence-corrected chi connectivity index (χ0v) is 12.7. The number of rotatable bonds is 5. The van der Waals surface area contributed by atoms with E-state index in [2.05, 4.69) is 25.8 Å². The van der Waals surface area contributed by atoms with Crippen LogP contribution < -0.4 is 10.6 Å². The largest absolute Gasteiger partial charge is 0.423 e. The lowest BCUT2D eigenvalue weighted by atomic mass is 10.2. The fourth-order valence-electron chi connectivity index (χ4n) is 2.10. The number of nitrogens with zero attached hydrogens (tertiary/aromatic N) is 3. The van der Waals surface area contributed by atoms with E-state index in [1.54, 1.807) is 18.3 Å². The number of hydrogen-bond acceptors (Lipinski definition) is 6. The minimum absolute atomic E-state index is 0.220. The molecule has 0 radical (unpaired) electrons. The van der Waals surface area contributed by atoms with Crippen LogP contribution in [0.2, 0.25) is 0 Å². The molecule has 2 aromatic heterocycles. The lowest BCUT2D eigenvalue weighted by molar-refractivity contribution is 0.568. The number of hydrogen-bond donors (Lipinski definition) is 2. The van der Waals surface area contributed by atoms with E-state index in [1.807, 2.05) is 19.9 Å². The molecule has 0 atom stereocenters. The van der Waals surface area contributed by atoms with E-state index in [0.717, 1.165) is 16.9 Å². The third kappa shape index (κ3) is 3.63. The van der Waals surface area contributed by atoms with Crippen LogP contribution in [0.25, 0.3) is 11.5 Å². The highest BCUT2D eigenvalue weighted by Crippen LogP contribution is 2.29. The minimum Gasteiger partial charge on any atom is -0.423 e. The van der Waals surface area contributed by atoms with Crippen molar-refractivity contribution in [2.24, 2.45) is 0 Å². The molecule has 0 bridgehead atoms. The highest BCUT2D eigenvalue weighted by molar-refractivity contribution is 5.75. The lowest BCUT2D eigenvalue weighted by Gasteiger charge is -2.14. The first kappa shape index (κ1) is 15.0. The van der Waals surface area contributed by atoms with Crippen molar-refractivity contribution < 1.29 is 8.81 Å². The third-order valence-electron chi connectivity index (χ3n) is 3.06. The maximum Gasteiger partial charge on any atom is 0.251 e. The predicted molar refractivity (Wildman–Crippen MR) is 86.0 cm³/mol. The molecule has 0 saturated heterocycles. The summed E-state index contributed by atoms with van der Waals surface area (Å²) in [4.78, 5) is 4.35. The van der Waals surface area contributed by atoms with Crippen molar-refractivity contribution in [2.75, 3.05) is 10.6 Å². The lowest BCUT2D eigenvalue weighted by Crippen LogP contribution is -2.11. The minimum atomic E-state index is -0.280. The first-order valence-corrected chi connectivity index (χ1v) is 7.17. The van der Waals surface area contributed by atoms with E-state index in [-0.39, 0.29) is 11.9 Å². The van der Waals surface area contributed by atoms with Crippen LogP contribution in [-0.4, -0.2) is 21.2 Å². The molecule has 6 nitrogen and oxygen atoms in total. The van der Waals surface area contributed by atoms with E-state index in [4.69, 9.17) is 4.42 Å². The van der Waals surface area contributed by atoms with Gasteiger partial charge in [-0.25, -0.2) is 9.37 Å². The fraction of sp³-hybridized carbons (Fsp3) is 0.188. The second kappa shape index (κ2) is 6.43. The van der Waals surface area contributed by atoms with Crippen molar-refractivity contribution in [3.63, 3.8) is 0 Å². The smallest absolute Gasteiger partial charge is 0.251 e. The number of anilines is 3. The molecular formula is C16H16FN5O. The predicted octanol–water partition coefficient (Wildman–Crippen LogP) is 3.83. The van der Waals surface area contributed by atoms with Crippen LogP contribution in [0.5, 0.6) is 0 Å². The van der Waals surface area contributed by atoms with Gasteiger partial charge in [-0.1, -0.05) is 0 Å². The monoisotopic (exact) mass is 313 g/mol. The molecule has 0 spiro atoms. The molecule has 0 unspecified atom stereocenters. The van der Waals surface area contributed by atoms with Crippen LogP contribution in [0.4, 0.5) is 21.6 Å². The number of aromatic nitrogens is 3. The van der Waals surface area contributed by atoms with Gasteiger partial charge in [0, 0.05) is 24.0 Å². The van der Waals surface area contributed by atoms with E-state index >= 15 is 0 Å². The van der Waals surface area contributed by atoms with Crippen molar-refractivity contribution in [2.45, 2.75) is 19.9 Å². The van der Waals surface area contributed by atoms with Gasteiger partial charge in [-0.3, -0.25) is 0 Å². The maximum atomic E-state index is 13.0. The van der Waals surface area contributed by atoms with Gasteiger partial charge in [-0.05, 0) is 38.1 Å². The van der Waals surface area contributed by atoms with Crippen molar-refractivity contribution in [3.8, 4) is 11.5 Å². The molecule has 3 rings (SSSR count). The summed E-state index contributed by atoms with van der Waals surface area (Å²) in [5.41, 5.74) is 2.30. The van der Waals surface area contributed by atoms with Gasteiger partial charge in [0.05, 0.1) is 11.3 Å². The number of halogens is 1. The van der Waals surface area contributed by atoms with Gasteiger partial charge in [0.2, 0.25) is 6.39 Å². The molecule has 2 heterocycles. The topological polar surface area (TPSA) is 75.9 Å². The summed E-state index contributed by atoms with van der Waals surface area (Å²) in [5.74, 6) is 0.745. The molecule has 0 aliphatic carbocycles. The van der Waals surface area contributed by atoms with Gasteiger partial charge in [0.1, 0.15) is 11.6 Å². The van der Waals surface area contributed by atoms with Crippen molar-refractivity contribution >= 4 is 17.2 Å². The highest BCUT2D eigenvalue weighted by Gasteiger charge is 2.13. The Kier molecular flexibility index (Phi) is 4.18. The molecular weight excluding hydrogens is 297 g/mol. The SMILES string of the molecule is CC(C)Nc1cc(Nc2ccc(F)cc2)ncc1-c1nnco1. The zero-order valence-electron chi connectivity index (χ0n) is 12.7. The van der Waals surface area contributed by atoms with Gasteiger partial charge in [0.25, 0.3) is 5.89 Å². The Bertz CT molecular complexity index is 772. The van der Waals surface area contributed by atoms with Gasteiger partial charge < -0.3 is 15.1 Å². The molecule has 23 heavy (non-hydrogen) atoms. The molecule has 0 saturated carbocycles. The van der Waals surface area contributed by atoms with Crippen LogP contribution in [0, 0.1) is 5.82 Å². The highest BCUT2D eigenvalue weighted by atomic mass is 19.1. The van der Waals surface area contributed by atoms with Gasteiger partial charge in [0.15, 0.2) is 0 Å². The Morgan fingerprint density at radius 1 is 1.17 bits per heavy atom. The Morgan fingerprint density at radius 2 is 1.96 bits per heavy atom. The molecule has 1 aromatic carbocycles. The van der Waals surface area contributed by atoms with Crippen LogP contribution in [0.3, 0.4) is 0 Å². The van der Waals surface area contributed by atoms with E-state index < -0.39 is 0 Å². The molecule has 118 valence electrons. The quantitative estimate of drug-likeness (QED) is 0.745. The summed E-state index contributed by atoms with van der Waals surface area (Å²) in [6.45, 7) is 4.07.